The molecule has 0 saturated heterocycles. The lowest BCUT2D eigenvalue weighted by atomic mass is 10.1. The quantitative estimate of drug-likeness (QED) is 0.685. The third-order valence-electron chi connectivity index (χ3n) is 3.67. The number of anilines is 2. The summed E-state index contributed by atoms with van der Waals surface area (Å²) < 4.78 is 10.7. The molecular weight excluding hydrogens is 296 g/mol. The summed E-state index contributed by atoms with van der Waals surface area (Å²) in [6.45, 7) is 2.22. The Bertz CT molecular complexity index is 657. The van der Waals surface area contributed by atoms with E-state index in [0.717, 1.165) is 18.2 Å². The standard InChI is InChI=1S/C16H24N4O3/c1-4-5-10(6-7-21)18-15-11-8-13(22-2)14(23-3)9-12(11)19-16(17)20-15/h8-10,21H,4-7H2,1-3H3,(H3,17,18,19,20)/t10-/m0/s1. The van der Waals surface area contributed by atoms with Crippen LogP contribution in [0.15, 0.2) is 12.1 Å². The lowest BCUT2D eigenvalue weighted by Gasteiger charge is -2.19. The van der Waals surface area contributed by atoms with Gasteiger partial charge < -0.3 is 25.6 Å². The van der Waals surface area contributed by atoms with Crippen molar-refractivity contribution >= 4 is 22.7 Å². The van der Waals surface area contributed by atoms with Crippen LogP contribution in [0.3, 0.4) is 0 Å². The number of ether oxygens (including phenoxy) is 2. The van der Waals surface area contributed by atoms with Gasteiger partial charge in [-0.25, -0.2) is 4.98 Å². The average molecular weight is 320 g/mol. The number of fused-ring (bicyclic) bond motifs is 1. The molecule has 23 heavy (non-hydrogen) atoms. The Kier molecular flexibility index (Phi) is 5.81. The molecule has 0 saturated carbocycles. The van der Waals surface area contributed by atoms with Crippen molar-refractivity contribution in [3.63, 3.8) is 0 Å². The Morgan fingerprint density at radius 1 is 1.17 bits per heavy atom. The highest BCUT2D eigenvalue weighted by Crippen LogP contribution is 2.34. The highest BCUT2D eigenvalue weighted by atomic mass is 16.5. The Hall–Kier alpha value is -2.28. The van der Waals surface area contributed by atoms with E-state index in [0.29, 0.717) is 29.3 Å². The summed E-state index contributed by atoms with van der Waals surface area (Å²) in [6.07, 6.45) is 2.58. The maximum atomic E-state index is 9.23. The van der Waals surface area contributed by atoms with Crippen molar-refractivity contribution in [2.24, 2.45) is 0 Å². The summed E-state index contributed by atoms with van der Waals surface area (Å²) in [5, 5.41) is 13.4. The molecule has 0 radical (unpaired) electrons. The number of nitrogens with zero attached hydrogens (tertiary/aromatic N) is 2. The van der Waals surface area contributed by atoms with Gasteiger partial charge in [-0.05, 0) is 18.9 Å². The molecule has 4 N–H and O–H groups in total. The molecule has 7 nitrogen and oxygen atoms in total. The molecule has 2 aromatic rings. The molecule has 1 atom stereocenters. The van der Waals surface area contributed by atoms with Crippen molar-refractivity contribution < 1.29 is 14.6 Å². The van der Waals surface area contributed by atoms with Crippen molar-refractivity contribution in [1.82, 2.24) is 9.97 Å². The molecule has 126 valence electrons. The summed E-state index contributed by atoms with van der Waals surface area (Å²) in [5.41, 5.74) is 6.50. The zero-order valence-corrected chi connectivity index (χ0v) is 13.8. The van der Waals surface area contributed by atoms with E-state index in [1.54, 1.807) is 20.3 Å². The first-order valence-corrected chi connectivity index (χ1v) is 7.69. The number of aromatic nitrogens is 2. The van der Waals surface area contributed by atoms with Gasteiger partial charge in [0.05, 0.1) is 19.7 Å². The second-order valence-corrected chi connectivity index (χ2v) is 5.30. The molecular formula is C16H24N4O3. The lowest BCUT2D eigenvalue weighted by molar-refractivity contribution is 0.276. The van der Waals surface area contributed by atoms with Crippen LogP contribution >= 0.6 is 0 Å². The number of rotatable bonds is 8. The molecule has 0 aliphatic rings. The van der Waals surface area contributed by atoms with Gasteiger partial charge in [0.2, 0.25) is 5.95 Å². The van der Waals surface area contributed by atoms with E-state index in [9.17, 15) is 5.11 Å². The highest BCUT2D eigenvalue weighted by Gasteiger charge is 2.15. The fourth-order valence-corrected chi connectivity index (χ4v) is 2.57. The number of hydrogen-bond donors (Lipinski definition) is 3. The number of aliphatic hydroxyl groups is 1. The fraction of sp³-hybridized carbons (Fsp3) is 0.500. The summed E-state index contributed by atoms with van der Waals surface area (Å²) in [7, 11) is 3.16. The molecule has 0 aliphatic carbocycles. The van der Waals surface area contributed by atoms with Crippen LogP contribution in [0.5, 0.6) is 11.5 Å². The van der Waals surface area contributed by atoms with Gasteiger partial charge in [-0.1, -0.05) is 13.3 Å². The zero-order chi connectivity index (χ0) is 16.8. The van der Waals surface area contributed by atoms with Crippen LogP contribution in [0.25, 0.3) is 10.9 Å². The van der Waals surface area contributed by atoms with Gasteiger partial charge in [0.25, 0.3) is 0 Å². The molecule has 2 rings (SSSR count). The van der Waals surface area contributed by atoms with Crippen molar-refractivity contribution in [2.75, 3.05) is 31.9 Å². The number of nitrogens with one attached hydrogen (secondary N) is 1. The SMILES string of the molecule is CCC[C@@H](CCO)Nc1nc(N)nc2cc(OC)c(OC)cc12. The van der Waals surface area contributed by atoms with Crippen LogP contribution in [0.2, 0.25) is 0 Å². The summed E-state index contributed by atoms with van der Waals surface area (Å²) >= 11 is 0. The second-order valence-electron chi connectivity index (χ2n) is 5.30. The smallest absolute Gasteiger partial charge is 0.222 e. The summed E-state index contributed by atoms with van der Waals surface area (Å²) in [4.78, 5) is 8.58. The van der Waals surface area contributed by atoms with Crippen molar-refractivity contribution in [3.05, 3.63) is 12.1 Å². The number of nitrogens with two attached hydrogens (primary N) is 1. The van der Waals surface area contributed by atoms with Gasteiger partial charge in [0.1, 0.15) is 5.82 Å². The first-order chi connectivity index (χ1) is 11.1. The van der Waals surface area contributed by atoms with E-state index in [2.05, 4.69) is 22.2 Å². The summed E-state index contributed by atoms with van der Waals surface area (Å²) in [5.74, 6) is 2.02. The van der Waals surface area contributed by atoms with Gasteiger partial charge >= 0.3 is 0 Å². The molecule has 7 heteroatoms. The first kappa shape index (κ1) is 17.1. The predicted molar refractivity (Wildman–Crippen MR) is 91.1 cm³/mol. The van der Waals surface area contributed by atoms with Crippen LogP contribution in [0.1, 0.15) is 26.2 Å². The first-order valence-electron chi connectivity index (χ1n) is 7.69. The second kappa shape index (κ2) is 7.82. The van der Waals surface area contributed by atoms with Crippen molar-refractivity contribution in [3.8, 4) is 11.5 Å². The highest BCUT2D eigenvalue weighted by molar-refractivity contribution is 5.92. The Morgan fingerprint density at radius 2 is 1.87 bits per heavy atom. The van der Waals surface area contributed by atoms with E-state index in [-0.39, 0.29) is 18.6 Å². The molecule has 1 aromatic heterocycles. The minimum Gasteiger partial charge on any atom is -0.493 e. The zero-order valence-electron chi connectivity index (χ0n) is 13.8. The normalized spacial score (nSPS) is 12.2. The van der Waals surface area contributed by atoms with Crippen LogP contribution in [0.4, 0.5) is 11.8 Å². The topological polar surface area (TPSA) is 103 Å². The van der Waals surface area contributed by atoms with Crippen LogP contribution in [-0.2, 0) is 0 Å². The van der Waals surface area contributed by atoms with Crippen LogP contribution in [0, 0.1) is 0 Å². The van der Waals surface area contributed by atoms with Gasteiger partial charge in [0.15, 0.2) is 11.5 Å². The van der Waals surface area contributed by atoms with Gasteiger partial charge in [-0.15, -0.1) is 0 Å². The largest absolute Gasteiger partial charge is 0.493 e. The predicted octanol–water partition coefficient (Wildman–Crippen LogP) is 2.19. The Labute approximate surface area is 135 Å². The van der Waals surface area contributed by atoms with Crippen LogP contribution in [-0.4, -0.2) is 41.9 Å². The number of benzene rings is 1. The molecule has 0 bridgehead atoms. The Balaban J connectivity index is 2.49. The van der Waals surface area contributed by atoms with Gasteiger partial charge in [0, 0.05) is 24.1 Å². The van der Waals surface area contributed by atoms with Crippen LogP contribution < -0.4 is 20.5 Å². The van der Waals surface area contributed by atoms with Gasteiger partial charge in [-0.2, -0.15) is 4.98 Å². The minimum absolute atomic E-state index is 0.118. The summed E-state index contributed by atoms with van der Waals surface area (Å²) in [6, 6.07) is 3.73. The molecule has 0 amide bonds. The monoisotopic (exact) mass is 320 g/mol. The van der Waals surface area contributed by atoms with Crippen molar-refractivity contribution in [1.29, 1.82) is 0 Å². The van der Waals surface area contributed by atoms with E-state index in [4.69, 9.17) is 15.2 Å². The van der Waals surface area contributed by atoms with E-state index >= 15 is 0 Å². The average Bonchev–Trinajstić information content (AvgIpc) is 2.54. The third kappa shape index (κ3) is 3.92. The number of hydrogen-bond acceptors (Lipinski definition) is 7. The van der Waals surface area contributed by atoms with Crippen molar-refractivity contribution in [2.45, 2.75) is 32.2 Å². The fourth-order valence-electron chi connectivity index (χ4n) is 2.57. The van der Waals surface area contributed by atoms with Gasteiger partial charge in [-0.3, -0.25) is 0 Å². The molecule has 0 aliphatic heterocycles. The molecule has 0 unspecified atom stereocenters. The van der Waals surface area contributed by atoms with E-state index < -0.39 is 0 Å². The van der Waals surface area contributed by atoms with E-state index in [1.165, 1.54) is 0 Å². The Morgan fingerprint density at radius 3 is 2.48 bits per heavy atom. The third-order valence-corrected chi connectivity index (χ3v) is 3.67. The van der Waals surface area contributed by atoms with E-state index in [1.807, 2.05) is 6.07 Å². The molecule has 1 aromatic carbocycles. The maximum absolute atomic E-state index is 9.23. The number of methoxy groups -OCH3 is 2. The number of nitrogen functional groups attached to an aromatic ring is 1. The minimum atomic E-state index is 0.118. The molecule has 0 fully saturated rings. The molecule has 0 spiro atoms. The lowest BCUT2D eigenvalue weighted by Crippen LogP contribution is -2.22. The molecule has 1 heterocycles. The number of aliphatic hydroxyl groups excluding tert-OH is 1. The maximum Gasteiger partial charge on any atom is 0.222 e.